The van der Waals surface area contributed by atoms with Crippen LogP contribution in [0, 0.1) is 0 Å². The fraction of sp³-hybridized carbons (Fsp3) is 0.562. The molecule has 1 aromatic carbocycles. The summed E-state index contributed by atoms with van der Waals surface area (Å²) in [6, 6.07) is 6.90. The van der Waals surface area contributed by atoms with Crippen LogP contribution in [0.15, 0.2) is 24.3 Å². The average molecular weight is 294 g/mol. The Hall–Kier alpha value is -1.59. The minimum atomic E-state index is -0.345. The van der Waals surface area contributed by atoms with Crippen molar-refractivity contribution in [3.05, 3.63) is 29.8 Å². The second-order valence-corrected chi connectivity index (χ2v) is 4.88. The van der Waals surface area contributed by atoms with Crippen LogP contribution in [0.4, 0.5) is 0 Å². The quantitative estimate of drug-likeness (QED) is 0.572. The van der Waals surface area contributed by atoms with Gasteiger partial charge in [-0.3, -0.25) is 0 Å². The standard InChI is InChI=1S/C16H22O5/c1-18-16(17)13-6-8-14(9-7-13)19-11-4-12-21-15-5-2-3-10-20-15/h6-9,15H,2-5,10-12H2,1H3. The third-order valence-corrected chi connectivity index (χ3v) is 3.27. The van der Waals surface area contributed by atoms with Crippen LogP contribution < -0.4 is 4.74 Å². The van der Waals surface area contributed by atoms with Gasteiger partial charge in [-0.1, -0.05) is 0 Å². The molecule has 2 rings (SSSR count). The number of ether oxygens (including phenoxy) is 4. The zero-order valence-electron chi connectivity index (χ0n) is 12.4. The zero-order valence-corrected chi connectivity index (χ0v) is 12.4. The third-order valence-electron chi connectivity index (χ3n) is 3.27. The third kappa shape index (κ3) is 5.36. The maximum Gasteiger partial charge on any atom is 0.337 e. The Bertz CT molecular complexity index is 423. The van der Waals surface area contributed by atoms with Crippen molar-refractivity contribution in [1.29, 1.82) is 0 Å². The Balaban J connectivity index is 1.61. The molecular weight excluding hydrogens is 272 g/mol. The van der Waals surface area contributed by atoms with Crippen molar-refractivity contribution in [3.8, 4) is 5.75 Å². The Kier molecular flexibility index (Phi) is 6.50. The van der Waals surface area contributed by atoms with Crippen LogP contribution in [0.5, 0.6) is 5.75 Å². The van der Waals surface area contributed by atoms with Crippen molar-refractivity contribution >= 4 is 5.97 Å². The van der Waals surface area contributed by atoms with Gasteiger partial charge in [0.2, 0.25) is 0 Å². The van der Waals surface area contributed by atoms with E-state index in [4.69, 9.17) is 14.2 Å². The number of rotatable bonds is 7. The van der Waals surface area contributed by atoms with Crippen LogP contribution >= 0.6 is 0 Å². The van der Waals surface area contributed by atoms with Crippen molar-refractivity contribution in [1.82, 2.24) is 0 Å². The van der Waals surface area contributed by atoms with Crippen molar-refractivity contribution in [2.24, 2.45) is 0 Å². The summed E-state index contributed by atoms with van der Waals surface area (Å²) in [7, 11) is 1.36. The van der Waals surface area contributed by atoms with Crippen LogP contribution in [-0.4, -0.2) is 39.2 Å². The lowest BCUT2D eigenvalue weighted by atomic mass is 10.2. The van der Waals surface area contributed by atoms with E-state index in [1.807, 2.05) is 0 Å². The van der Waals surface area contributed by atoms with E-state index >= 15 is 0 Å². The maximum absolute atomic E-state index is 11.3. The lowest BCUT2D eigenvalue weighted by molar-refractivity contribution is -0.163. The van der Waals surface area contributed by atoms with Gasteiger partial charge in [-0.15, -0.1) is 0 Å². The van der Waals surface area contributed by atoms with E-state index in [0.29, 0.717) is 18.8 Å². The topological polar surface area (TPSA) is 54.0 Å². The van der Waals surface area contributed by atoms with Crippen molar-refractivity contribution in [3.63, 3.8) is 0 Å². The fourth-order valence-electron chi connectivity index (χ4n) is 2.11. The molecule has 1 heterocycles. The van der Waals surface area contributed by atoms with E-state index in [1.54, 1.807) is 24.3 Å². The average Bonchev–Trinajstić information content (AvgIpc) is 2.55. The summed E-state index contributed by atoms with van der Waals surface area (Å²) in [6.07, 6.45) is 4.05. The molecule has 0 bridgehead atoms. The summed E-state index contributed by atoms with van der Waals surface area (Å²) >= 11 is 0. The summed E-state index contributed by atoms with van der Waals surface area (Å²) in [5, 5.41) is 0. The van der Waals surface area contributed by atoms with Gasteiger partial charge in [0.1, 0.15) is 5.75 Å². The van der Waals surface area contributed by atoms with Gasteiger partial charge in [0, 0.05) is 13.0 Å². The van der Waals surface area contributed by atoms with Crippen molar-refractivity contribution in [2.75, 3.05) is 26.9 Å². The van der Waals surface area contributed by atoms with Crippen molar-refractivity contribution in [2.45, 2.75) is 32.0 Å². The Labute approximate surface area is 125 Å². The van der Waals surface area contributed by atoms with E-state index in [0.717, 1.165) is 31.6 Å². The number of hydrogen-bond donors (Lipinski definition) is 0. The van der Waals surface area contributed by atoms with Gasteiger partial charge in [0.15, 0.2) is 6.29 Å². The highest BCUT2D eigenvalue weighted by molar-refractivity contribution is 5.89. The summed E-state index contributed by atoms with van der Waals surface area (Å²) in [5.74, 6) is 0.388. The molecule has 0 spiro atoms. The number of esters is 1. The Morgan fingerprint density at radius 2 is 2.05 bits per heavy atom. The molecule has 0 amide bonds. The lowest BCUT2D eigenvalue weighted by Crippen LogP contribution is -2.23. The molecule has 1 unspecified atom stereocenters. The molecule has 5 nitrogen and oxygen atoms in total. The van der Waals surface area contributed by atoms with E-state index in [9.17, 15) is 4.79 Å². The molecule has 0 aromatic heterocycles. The molecule has 0 saturated carbocycles. The molecule has 1 aliphatic rings. The van der Waals surface area contributed by atoms with Gasteiger partial charge in [0.05, 0.1) is 25.9 Å². The summed E-state index contributed by atoms with van der Waals surface area (Å²) in [6.45, 7) is 2.00. The normalized spacial score (nSPS) is 18.2. The van der Waals surface area contributed by atoms with Crippen LogP contribution in [0.1, 0.15) is 36.0 Å². The number of hydrogen-bond acceptors (Lipinski definition) is 5. The molecule has 1 saturated heterocycles. The zero-order chi connectivity index (χ0) is 14.9. The van der Waals surface area contributed by atoms with E-state index in [-0.39, 0.29) is 12.3 Å². The van der Waals surface area contributed by atoms with Gasteiger partial charge in [-0.05, 0) is 43.5 Å². The monoisotopic (exact) mass is 294 g/mol. The van der Waals surface area contributed by atoms with Gasteiger partial charge in [-0.25, -0.2) is 4.79 Å². The van der Waals surface area contributed by atoms with Crippen LogP contribution in [-0.2, 0) is 14.2 Å². The number of benzene rings is 1. The number of carbonyl (C=O) groups is 1. The first-order chi connectivity index (χ1) is 10.3. The van der Waals surface area contributed by atoms with Crippen LogP contribution in [0.25, 0.3) is 0 Å². The predicted molar refractivity (Wildman–Crippen MR) is 77.4 cm³/mol. The largest absolute Gasteiger partial charge is 0.494 e. The van der Waals surface area contributed by atoms with E-state index in [1.165, 1.54) is 13.5 Å². The molecule has 1 aliphatic heterocycles. The molecule has 1 aromatic rings. The van der Waals surface area contributed by atoms with Crippen molar-refractivity contribution < 1.29 is 23.7 Å². The van der Waals surface area contributed by atoms with E-state index in [2.05, 4.69) is 4.74 Å². The molecule has 21 heavy (non-hydrogen) atoms. The van der Waals surface area contributed by atoms with Crippen LogP contribution in [0.2, 0.25) is 0 Å². The number of carbonyl (C=O) groups excluding carboxylic acids is 1. The Morgan fingerprint density at radius 3 is 2.71 bits per heavy atom. The molecule has 0 N–H and O–H groups in total. The highest BCUT2D eigenvalue weighted by Gasteiger charge is 2.13. The Morgan fingerprint density at radius 1 is 1.24 bits per heavy atom. The first kappa shape index (κ1) is 15.8. The SMILES string of the molecule is COC(=O)c1ccc(OCCCOC2CCCCO2)cc1. The molecule has 0 aliphatic carbocycles. The first-order valence-electron chi connectivity index (χ1n) is 7.34. The van der Waals surface area contributed by atoms with Gasteiger partial charge < -0.3 is 18.9 Å². The minimum Gasteiger partial charge on any atom is -0.494 e. The molecule has 0 radical (unpaired) electrons. The molecule has 1 fully saturated rings. The van der Waals surface area contributed by atoms with Gasteiger partial charge >= 0.3 is 5.97 Å². The summed E-state index contributed by atoms with van der Waals surface area (Å²) in [4.78, 5) is 11.3. The molecule has 116 valence electrons. The molecule has 5 heteroatoms. The smallest absolute Gasteiger partial charge is 0.337 e. The van der Waals surface area contributed by atoms with E-state index < -0.39 is 0 Å². The van der Waals surface area contributed by atoms with Gasteiger partial charge in [-0.2, -0.15) is 0 Å². The first-order valence-corrected chi connectivity index (χ1v) is 7.34. The van der Waals surface area contributed by atoms with Gasteiger partial charge in [0.25, 0.3) is 0 Å². The highest BCUT2D eigenvalue weighted by atomic mass is 16.7. The maximum atomic E-state index is 11.3. The second kappa shape index (κ2) is 8.64. The number of methoxy groups -OCH3 is 1. The predicted octanol–water partition coefficient (Wildman–Crippen LogP) is 2.79. The summed E-state index contributed by atoms with van der Waals surface area (Å²) in [5.41, 5.74) is 0.516. The summed E-state index contributed by atoms with van der Waals surface area (Å²) < 4.78 is 21.3. The molecular formula is C16H22O5. The molecule has 1 atom stereocenters. The minimum absolute atomic E-state index is 0.0434. The highest BCUT2D eigenvalue weighted by Crippen LogP contribution is 2.15. The fourth-order valence-corrected chi connectivity index (χ4v) is 2.11. The van der Waals surface area contributed by atoms with Crippen LogP contribution in [0.3, 0.4) is 0 Å². The lowest BCUT2D eigenvalue weighted by Gasteiger charge is -2.22. The second-order valence-electron chi connectivity index (χ2n) is 4.88.